The van der Waals surface area contributed by atoms with E-state index in [1.54, 1.807) is 11.1 Å². The highest BCUT2D eigenvalue weighted by Crippen LogP contribution is 2.55. The van der Waals surface area contributed by atoms with Gasteiger partial charge in [-0.05, 0) is 56.3 Å². The third-order valence-corrected chi connectivity index (χ3v) is 6.02. The quantitative estimate of drug-likeness (QED) is 0.673. The number of likely N-dealkylation sites (N-methyl/N-ethyl adjacent to an activating group) is 1. The minimum absolute atomic E-state index is 0.546. The number of nitrogens with zero attached hydrogens (tertiary/aromatic N) is 1. The van der Waals surface area contributed by atoms with Gasteiger partial charge in [0.2, 0.25) is 0 Å². The summed E-state index contributed by atoms with van der Waals surface area (Å²) < 4.78 is 0. The number of rotatable bonds is 0. The maximum absolute atomic E-state index is 2.64. The predicted octanol–water partition coefficient (Wildman–Crippen LogP) is 3.37. The first-order valence-electron chi connectivity index (χ1n) is 7.60. The molecule has 18 heavy (non-hydrogen) atoms. The number of fused-ring (bicyclic) bond motifs is 1. The van der Waals surface area contributed by atoms with Crippen molar-refractivity contribution in [3.8, 4) is 0 Å². The number of hydrogen-bond donors (Lipinski definition) is 0. The molecule has 1 aromatic rings. The van der Waals surface area contributed by atoms with Crippen LogP contribution in [-0.4, -0.2) is 24.5 Å². The molecule has 1 aliphatic heterocycles. The average Bonchev–Trinajstić information content (AvgIpc) is 2.43. The predicted molar refractivity (Wildman–Crippen MR) is 74.8 cm³/mol. The van der Waals surface area contributed by atoms with Gasteiger partial charge in [0.25, 0.3) is 0 Å². The van der Waals surface area contributed by atoms with E-state index in [4.69, 9.17) is 0 Å². The summed E-state index contributed by atoms with van der Waals surface area (Å²) in [6.45, 7) is 1.30. The molecule has 1 saturated carbocycles. The van der Waals surface area contributed by atoms with Gasteiger partial charge >= 0.3 is 0 Å². The molecule has 1 unspecified atom stereocenters. The Balaban J connectivity index is 1.90. The van der Waals surface area contributed by atoms with Crippen molar-refractivity contribution in [2.24, 2.45) is 5.92 Å². The van der Waals surface area contributed by atoms with Crippen LogP contribution >= 0.6 is 0 Å². The van der Waals surface area contributed by atoms with Crippen LogP contribution in [0.15, 0.2) is 24.3 Å². The van der Waals surface area contributed by atoms with Crippen LogP contribution in [0, 0.1) is 5.92 Å². The highest BCUT2D eigenvalue weighted by molar-refractivity contribution is 5.41. The van der Waals surface area contributed by atoms with Crippen LogP contribution in [0.4, 0.5) is 0 Å². The largest absolute Gasteiger partial charge is 0.303 e. The molecule has 1 heteroatoms. The van der Waals surface area contributed by atoms with Gasteiger partial charge in [-0.1, -0.05) is 37.1 Å². The number of benzene rings is 1. The van der Waals surface area contributed by atoms with Crippen molar-refractivity contribution in [3.63, 3.8) is 0 Å². The molecule has 3 atom stereocenters. The molecule has 1 heterocycles. The topological polar surface area (TPSA) is 3.24 Å². The Morgan fingerprint density at radius 1 is 1.17 bits per heavy atom. The Kier molecular flexibility index (Phi) is 2.35. The third-order valence-electron chi connectivity index (χ3n) is 6.02. The smallest absolute Gasteiger partial charge is 0.0169 e. The zero-order chi connectivity index (χ0) is 12.2. The molecule has 1 aromatic carbocycles. The normalized spacial score (nSPS) is 38.9. The molecule has 0 N–H and O–H groups in total. The number of piperidine rings is 1. The molecule has 2 bridgehead atoms. The molecule has 0 radical (unpaired) electrons. The fourth-order valence-electron chi connectivity index (χ4n) is 5.16. The van der Waals surface area contributed by atoms with Crippen LogP contribution in [0.3, 0.4) is 0 Å². The molecule has 3 aliphatic rings. The molecule has 1 nitrogen and oxygen atoms in total. The second kappa shape index (κ2) is 3.84. The maximum atomic E-state index is 2.64. The Morgan fingerprint density at radius 2 is 2.06 bits per heavy atom. The van der Waals surface area contributed by atoms with Gasteiger partial charge in [-0.25, -0.2) is 0 Å². The van der Waals surface area contributed by atoms with Crippen LogP contribution in [0.5, 0.6) is 0 Å². The van der Waals surface area contributed by atoms with Crippen molar-refractivity contribution < 1.29 is 0 Å². The minimum Gasteiger partial charge on any atom is -0.303 e. The summed E-state index contributed by atoms with van der Waals surface area (Å²) in [5.74, 6) is 0.930. The molecule has 2 aliphatic carbocycles. The zero-order valence-electron chi connectivity index (χ0n) is 11.4. The summed E-state index contributed by atoms with van der Waals surface area (Å²) in [6.07, 6.45) is 8.49. The van der Waals surface area contributed by atoms with Crippen molar-refractivity contribution in [3.05, 3.63) is 35.4 Å². The fourth-order valence-corrected chi connectivity index (χ4v) is 5.16. The number of likely N-dealkylation sites (tertiary alicyclic amines) is 1. The lowest BCUT2D eigenvalue weighted by atomic mass is 9.52. The van der Waals surface area contributed by atoms with Gasteiger partial charge in [0, 0.05) is 11.5 Å². The lowest BCUT2D eigenvalue weighted by Crippen LogP contribution is -2.59. The maximum Gasteiger partial charge on any atom is 0.0169 e. The Morgan fingerprint density at radius 3 is 3.00 bits per heavy atom. The minimum atomic E-state index is 0.546. The van der Waals surface area contributed by atoms with E-state index in [-0.39, 0.29) is 0 Å². The molecule has 4 rings (SSSR count). The van der Waals surface area contributed by atoms with E-state index in [1.165, 1.54) is 45.1 Å². The lowest BCUT2D eigenvalue weighted by Gasteiger charge is -2.58. The Labute approximate surface area is 110 Å². The van der Waals surface area contributed by atoms with E-state index in [2.05, 4.69) is 36.2 Å². The first kappa shape index (κ1) is 11.0. The van der Waals surface area contributed by atoms with Gasteiger partial charge < -0.3 is 4.90 Å². The first-order chi connectivity index (χ1) is 8.81. The second-order valence-corrected chi connectivity index (χ2v) is 6.67. The van der Waals surface area contributed by atoms with E-state index < -0.39 is 0 Å². The summed E-state index contributed by atoms with van der Waals surface area (Å²) in [4.78, 5) is 2.64. The summed E-state index contributed by atoms with van der Waals surface area (Å²) in [6, 6.07) is 10.1. The van der Waals surface area contributed by atoms with Gasteiger partial charge in [-0.2, -0.15) is 0 Å². The van der Waals surface area contributed by atoms with Gasteiger partial charge in [0.15, 0.2) is 0 Å². The van der Waals surface area contributed by atoms with Crippen LogP contribution in [0.25, 0.3) is 0 Å². The molecule has 0 spiro atoms. The monoisotopic (exact) mass is 241 g/mol. The van der Waals surface area contributed by atoms with E-state index in [0.29, 0.717) is 5.41 Å². The second-order valence-electron chi connectivity index (χ2n) is 6.67. The van der Waals surface area contributed by atoms with E-state index in [9.17, 15) is 0 Å². The van der Waals surface area contributed by atoms with Crippen molar-refractivity contribution >= 4 is 0 Å². The van der Waals surface area contributed by atoms with Crippen molar-refractivity contribution in [2.45, 2.75) is 50.0 Å². The fraction of sp³-hybridized carbons (Fsp3) is 0.647. The Bertz CT molecular complexity index is 466. The average molecular weight is 241 g/mol. The van der Waals surface area contributed by atoms with Gasteiger partial charge in [-0.3, -0.25) is 0 Å². The van der Waals surface area contributed by atoms with Crippen molar-refractivity contribution in [1.82, 2.24) is 4.90 Å². The van der Waals surface area contributed by atoms with Gasteiger partial charge in [0.05, 0.1) is 0 Å². The third kappa shape index (κ3) is 1.31. The molecule has 2 fully saturated rings. The molecule has 0 aromatic heterocycles. The zero-order valence-corrected chi connectivity index (χ0v) is 11.4. The van der Waals surface area contributed by atoms with Crippen molar-refractivity contribution in [2.75, 3.05) is 13.6 Å². The number of hydrogen-bond acceptors (Lipinski definition) is 1. The summed E-state index contributed by atoms with van der Waals surface area (Å²) in [5.41, 5.74) is 3.91. The van der Waals surface area contributed by atoms with Crippen LogP contribution < -0.4 is 0 Å². The van der Waals surface area contributed by atoms with E-state index in [1.807, 2.05) is 0 Å². The van der Waals surface area contributed by atoms with Gasteiger partial charge in [0.1, 0.15) is 0 Å². The molecular weight excluding hydrogens is 218 g/mol. The molecule has 1 saturated heterocycles. The SMILES string of the molecule is CN1CC[C@@]23CCCCC2[C@@H]1Cc1ccccc13. The summed E-state index contributed by atoms with van der Waals surface area (Å²) >= 11 is 0. The first-order valence-corrected chi connectivity index (χ1v) is 7.60. The molecule has 96 valence electrons. The van der Waals surface area contributed by atoms with Gasteiger partial charge in [-0.15, -0.1) is 0 Å². The standard InChI is InChI=1S/C17H23N/c1-18-11-10-17-9-5-4-8-15(17)16(18)12-13-6-2-3-7-14(13)17/h2-3,6-7,15-16H,4-5,8-12H2,1H3/t15?,16-,17+/m0/s1. The highest BCUT2D eigenvalue weighted by Gasteiger charge is 2.52. The van der Waals surface area contributed by atoms with Crippen LogP contribution in [0.2, 0.25) is 0 Å². The van der Waals surface area contributed by atoms with Crippen LogP contribution in [0.1, 0.15) is 43.2 Å². The molecular formula is C17H23N. The lowest BCUT2D eigenvalue weighted by molar-refractivity contribution is 0.00286. The summed E-state index contributed by atoms with van der Waals surface area (Å²) in [5, 5.41) is 0. The van der Waals surface area contributed by atoms with Crippen molar-refractivity contribution in [1.29, 1.82) is 0 Å². The van der Waals surface area contributed by atoms with E-state index in [0.717, 1.165) is 12.0 Å². The van der Waals surface area contributed by atoms with Crippen LogP contribution in [-0.2, 0) is 11.8 Å². The molecule has 0 amide bonds. The van der Waals surface area contributed by atoms with E-state index >= 15 is 0 Å². The highest BCUT2D eigenvalue weighted by atomic mass is 15.1. The Hall–Kier alpha value is -0.820. The summed E-state index contributed by atoms with van der Waals surface area (Å²) in [7, 11) is 2.34.